The van der Waals surface area contributed by atoms with Crippen LogP contribution in [0.5, 0.6) is 0 Å². The summed E-state index contributed by atoms with van der Waals surface area (Å²) in [5.41, 5.74) is 2.83. The molecule has 0 saturated carbocycles. The third-order valence-electron chi connectivity index (χ3n) is 4.64. The van der Waals surface area contributed by atoms with Crippen LogP contribution >= 0.6 is 11.6 Å². The quantitative estimate of drug-likeness (QED) is 0.534. The van der Waals surface area contributed by atoms with Crippen molar-refractivity contribution in [2.45, 2.75) is 13.0 Å². The lowest BCUT2D eigenvalue weighted by molar-refractivity contribution is -0.121. The molecule has 1 N–H and O–H groups in total. The summed E-state index contributed by atoms with van der Waals surface area (Å²) >= 11 is 5.93. The Morgan fingerprint density at radius 3 is 2.55 bits per heavy atom. The van der Waals surface area contributed by atoms with E-state index >= 15 is 0 Å². The number of amides is 1. The maximum absolute atomic E-state index is 12.8. The highest BCUT2D eigenvalue weighted by Gasteiger charge is 2.11. The van der Waals surface area contributed by atoms with Gasteiger partial charge in [-0.2, -0.15) is 5.10 Å². The van der Waals surface area contributed by atoms with E-state index in [0.717, 1.165) is 17.5 Å². The second kappa shape index (κ2) is 8.32. The molecule has 1 amide bonds. The Bertz CT molecular complexity index is 1200. The molecule has 0 unspecified atom stereocenters. The van der Waals surface area contributed by atoms with E-state index in [-0.39, 0.29) is 18.0 Å². The summed E-state index contributed by atoms with van der Waals surface area (Å²) in [7, 11) is 0. The van der Waals surface area contributed by atoms with E-state index in [4.69, 9.17) is 11.6 Å². The van der Waals surface area contributed by atoms with Crippen LogP contribution in [0.25, 0.3) is 16.8 Å². The molecule has 0 atom stereocenters. The molecule has 0 aliphatic heterocycles. The van der Waals surface area contributed by atoms with Gasteiger partial charge in [0.1, 0.15) is 12.1 Å². The third kappa shape index (κ3) is 4.38. The van der Waals surface area contributed by atoms with Crippen LogP contribution in [0.1, 0.15) is 5.56 Å². The summed E-state index contributed by atoms with van der Waals surface area (Å²) in [6.45, 7) is 0.485. The van der Waals surface area contributed by atoms with Gasteiger partial charge in [0.25, 0.3) is 5.56 Å². The highest BCUT2D eigenvalue weighted by atomic mass is 35.5. The van der Waals surface area contributed by atoms with E-state index in [0.29, 0.717) is 22.8 Å². The Hall–Kier alpha value is -3.38. The van der Waals surface area contributed by atoms with E-state index in [1.54, 1.807) is 30.6 Å². The van der Waals surface area contributed by atoms with Gasteiger partial charge in [0.05, 0.1) is 5.69 Å². The van der Waals surface area contributed by atoms with Crippen molar-refractivity contribution in [2.75, 3.05) is 6.54 Å². The average molecular weight is 407 g/mol. The molecule has 6 nitrogen and oxygen atoms in total. The molecule has 2 aromatic carbocycles. The summed E-state index contributed by atoms with van der Waals surface area (Å²) in [5.74, 6) is -0.204. The normalized spacial score (nSPS) is 10.9. The van der Waals surface area contributed by atoms with E-state index in [9.17, 15) is 9.59 Å². The first-order valence-corrected chi connectivity index (χ1v) is 9.63. The smallest absolute Gasteiger partial charge is 0.277 e. The van der Waals surface area contributed by atoms with Crippen molar-refractivity contribution in [3.8, 4) is 11.3 Å². The maximum Gasteiger partial charge on any atom is 0.277 e. The van der Waals surface area contributed by atoms with Gasteiger partial charge in [-0.1, -0.05) is 54.1 Å². The van der Waals surface area contributed by atoms with Gasteiger partial charge in [0.15, 0.2) is 0 Å². The molecule has 146 valence electrons. The Labute approximate surface area is 172 Å². The van der Waals surface area contributed by atoms with Gasteiger partial charge in [0, 0.05) is 29.5 Å². The van der Waals surface area contributed by atoms with Crippen molar-refractivity contribution in [2.24, 2.45) is 0 Å². The molecular formula is C22H19ClN4O2. The van der Waals surface area contributed by atoms with Crippen LogP contribution in [-0.2, 0) is 17.8 Å². The molecule has 0 aliphatic carbocycles. The Morgan fingerprint density at radius 1 is 1.03 bits per heavy atom. The molecule has 4 aromatic rings. The van der Waals surface area contributed by atoms with Gasteiger partial charge < -0.3 is 9.88 Å². The van der Waals surface area contributed by atoms with E-state index in [1.807, 2.05) is 42.5 Å². The van der Waals surface area contributed by atoms with Crippen LogP contribution in [0.15, 0.2) is 77.9 Å². The lowest BCUT2D eigenvalue weighted by Crippen LogP contribution is -2.33. The Kier molecular flexibility index (Phi) is 5.44. The number of fused-ring (bicyclic) bond motifs is 1. The number of hydrogen-bond acceptors (Lipinski definition) is 3. The summed E-state index contributed by atoms with van der Waals surface area (Å²) in [6.07, 6.45) is 3.99. The first-order chi connectivity index (χ1) is 14.1. The number of halogens is 1. The monoisotopic (exact) mass is 406 g/mol. The molecule has 0 radical (unpaired) electrons. The Balaban J connectivity index is 1.46. The molecule has 0 bridgehead atoms. The molecule has 2 heterocycles. The Morgan fingerprint density at radius 2 is 1.79 bits per heavy atom. The summed E-state index contributed by atoms with van der Waals surface area (Å²) in [6, 6.07) is 18.9. The standard InChI is InChI=1S/C22H19ClN4O2/c23-18-8-6-17(7-9-18)19-14-20-22(29)26(12-13-27(20)25-19)15-21(28)24-11-10-16-4-2-1-3-5-16/h1-9,12-14H,10-11,15H2,(H,24,28). The third-order valence-corrected chi connectivity index (χ3v) is 4.89. The minimum atomic E-state index is -0.265. The predicted molar refractivity (Wildman–Crippen MR) is 113 cm³/mol. The molecular weight excluding hydrogens is 388 g/mol. The topological polar surface area (TPSA) is 68.4 Å². The number of nitrogens with one attached hydrogen (secondary N) is 1. The minimum absolute atomic E-state index is 0.0361. The molecule has 4 rings (SSSR count). The fourth-order valence-corrected chi connectivity index (χ4v) is 3.24. The average Bonchev–Trinajstić information content (AvgIpc) is 3.17. The van der Waals surface area contributed by atoms with Crippen LogP contribution in [0, 0.1) is 0 Å². The molecule has 7 heteroatoms. The number of hydrogen-bond donors (Lipinski definition) is 1. The molecule has 0 fully saturated rings. The van der Waals surface area contributed by atoms with Crippen LogP contribution in [0.3, 0.4) is 0 Å². The molecule has 29 heavy (non-hydrogen) atoms. The van der Waals surface area contributed by atoms with Gasteiger partial charge in [-0.3, -0.25) is 9.59 Å². The zero-order chi connectivity index (χ0) is 20.2. The van der Waals surface area contributed by atoms with Crippen LogP contribution in [0.2, 0.25) is 5.02 Å². The molecule has 2 aromatic heterocycles. The van der Waals surface area contributed by atoms with E-state index in [2.05, 4.69) is 10.4 Å². The second-order valence-electron chi connectivity index (χ2n) is 6.68. The molecule has 0 spiro atoms. The lowest BCUT2D eigenvalue weighted by atomic mass is 10.1. The first kappa shape index (κ1) is 19.0. The number of carbonyl (C=O) groups excluding carboxylic acids is 1. The van der Waals surface area contributed by atoms with Crippen molar-refractivity contribution in [3.05, 3.63) is 94.0 Å². The van der Waals surface area contributed by atoms with E-state index < -0.39 is 0 Å². The number of carbonyl (C=O) groups is 1. The first-order valence-electron chi connectivity index (χ1n) is 9.25. The van der Waals surface area contributed by atoms with Crippen molar-refractivity contribution in [1.82, 2.24) is 19.5 Å². The largest absolute Gasteiger partial charge is 0.354 e. The molecule has 0 saturated heterocycles. The molecule has 0 aliphatic rings. The van der Waals surface area contributed by atoms with Crippen LogP contribution < -0.4 is 10.9 Å². The van der Waals surface area contributed by atoms with Gasteiger partial charge in [-0.05, 0) is 30.2 Å². The summed E-state index contributed by atoms with van der Waals surface area (Å²) in [4.78, 5) is 25.0. The summed E-state index contributed by atoms with van der Waals surface area (Å²) in [5, 5.41) is 7.93. The minimum Gasteiger partial charge on any atom is -0.354 e. The predicted octanol–water partition coefficient (Wildman–Crippen LogP) is 3.18. The summed E-state index contributed by atoms with van der Waals surface area (Å²) < 4.78 is 2.91. The van der Waals surface area contributed by atoms with Crippen molar-refractivity contribution in [1.29, 1.82) is 0 Å². The number of benzene rings is 2. The van der Waals surface area contributed by atoms with Gasteiger partial charge >= 0.3 is 0 Å². The zero-order valence-electron chi connectivity index (χ0n) is 15.6. The maximum atomic E-state index is 12.8. The SMILES string of the molecule is O=C(Cn1ccn2nc(-c3ccc(Cl)cc3)cc2c1=O)NCCc1ccccc1. The zero-order valence-corrected chi connectivity index (χ0v) is 16.3. The number of rotatable bonds is 6. The van der Waals surface area contributed by atoms with Crippen molar-refractivity contribution < 1.29 is 4.79 Å². The van der Waals surface area contributed by atoms with Gasteiger partial charge in [-0.25, -0.2) is 4.52 Å². The van der Waals surface area contributed by atoms with Gasteiger partial charge in [-0.15, -0.1) is 0 Å². The van der Waals surface area contributed by atoms with Crippen molar-refractivity contribution in [3.63, 3.8) is 0 Å². The highest BCUT2D eigenvalue weighted by molar-refractivity contribution is 6.30. The van der Waals surface area contributed by atoms with E-state index in [1.165, 1.54) is 9.08 Å². The number of nitrogens with zero attached hydrogens (tertiary/aromatic N) is 3. The van der Waals surface area contributed by atoms with Gasteiger partial charge in [0.2, 0.25) is 5.91 Å². The lowest BCUT2D eigenvalue weighted by Gasteiger charge is -2.07. The van der Waals surface area contributed by atoms with Crippen LogP contribution in [0.4, 0.5) is 0 Å². The van der Waals surface area contributed by atoms with Crippen LogP contribution in [-0.4, -0.2) is 26.6 Å². The van der Waals surface area contributed by atoms with Crippen molar-refractivity contribution >= 4 is 23.0 Å². The second-order valence-corrected chi connectivity index (χ2v) is 7.12. The highest BCUT2D eigenvalue weighted by Crippen LogP contribution is 2.20. The fourth-order valence-electron chi connectivity index (χ4n) is 3.11. The fraction of sp³-hybridized carbons (Fsp3) is 0.136. The number of aromatic nitrogens is 3.